The summed E-state index contributed by atoms with van der Waals surface area (Å²) in [6.07, 6.45) is 2.84. The molecule has 2 heterocycles. The van der Waals surface area contributed by atoms with Gasteiger partial charge in [0.05, 0.1) is 16.8 Å². The van der Waals surface area contributed by atoms with Crippen LogP contribution in [0, 0.1) is 11.6 Å². The van der Waals surface area contributed by atoms with Crippen LogP contribution in [0.3, 0.4) is 0 Å². The van der Waals surface area contributed by atoms with Gasteiger partial charge in [-0.25, -0.2) is 18.3 Å². The van der Waals surface area contributed by atoms with E-state index in [4.69, 9.17) is 0 Å². The van der Waals surface area contributed by atoms with Gasteiger partial charge in [0.2, 0.25) is 0 Å². The number of anilines is 1. The van der Waals surface area contributed by atoms with E-state index in [0.717, 1.165) is 13.0 Å². The SMILES string of the molecule is CC(=O)c1c(F)cc(F)cc1NC(=O)c1cc2ncnn2cc1Br. The Bertz CT molecular complexity index is 987. The number of carbonyl (C=O) groups is 2. The van der Waals surface area contributed by atoms with E-state index in [1.807, 2.05) is 0 Å². The minimum absolute atomic E-state index is 0.176. The number of rotatable bonds is 3. The molecule has 0 bridgehead atoms. The third kappa shape index (κ3) is 2.90. The van der Waals surface area contributed by atoms with Crippen molar-refractivity contribution in [3.05, 3.63) is 58.0 Å². The quantitative estimate of drug-likeness (QED) is 0.691. The van der Waals surface area contributed by atoms with E-state index in [1.54, 1.807) is 0 Å². The second-order valence-electron chi connectivity index (χ2n) is 4.92. The second-order valence-corrected chi connectivity index (χ2v) is 5.77. The molecule has 1 amide bonds. The van der Waals surface area contributed by atoms with E-state index < -0.39 is 23.3 Å². The molecule has 2 aromatic heterocycles. The molecule has 24 heavy (non-hydrogen) atoms. The van der Waals surface area contributed by atoms with E-state index in [1.165, 1.54) is 23.1 Å². The van der Waals surface area contributed by atoms with Crippen LogP contribution >= 0.6 is 15.9 Å². The molecule has 0 aliphatic heterocycles. The maximum atomic E-state index is 13.8. The van der Waals surface area contributed by atoms with Crippen molar-refractivity contribution in [2.75, 3.05) is 5.32 Å². The molecule has 1 aromatic carbocycles. The van der Waals surface area contributed by atoms with E-state index in [2.05, 4.69) is 31.3 Å². The Balaban J connectivity index is 2.03. The van der Waals surface area contributed by atoms with Crippen LogP contribution in [0.1, 0.15) is 27.6 Å². The Morgan fingerprint density at radius 3 is 2.71 bits per heavy atom. The van der Waals surface area contributed by atoms with Crippen LogP contribution in [0.4, 0.5) is 14.5 Å². The van der Waals surface area contributed by atoms with Gasteiger partial charge in [0.15, 0.2) is 11.4 Å². The largest absolute Gasteiger partial charge is 0.321 e. The van der Waals surface area contributed by atoms with Gasteiger partial charge < -0.3 is 5.32 Å². The summed E-state index contributed by atoms with van der Waals surface area (Å²) < 4.78 is 29.1. The molecule has 0 atom stereocenters. The van der Waals surface area contributed by atoms with Gasteiger partial charge in [-0.3, -0.25) is 9.59 Å². The lowest BCUT2D eigenvalue weighted by atomic mass is 10.1. The molecular weight excluding hydrogens is 386 g/mol. The summed E-state index contributed by atoms with van der Waals surface area (Å²) in [4.78, 5) is 28.0. The number of hydrogen-bond acceptors (Lipinski definition) is 4. The Hall–Kier alpha value is -2.68. The van der Waals surface area contributed by atoms with Gasteiger partial charge in [0.1, 0.15) is 18.0 Å². The minimum Gasteiger partial charge on any atom is -0.321 e. The number of pyridine rings is 1. The van der Waals surface area contributed by atoms with E-state index >= 15 is 0 Å². The average molecular weight is 395 g/mol. The molecule has 0 saturated carbocycles. The summed E-state index contributed by atoms with van der Waals surface area (Å²) in [5.74, 6) is -3.22. The first-order chi connectivity index (χ1) is 11.4. The number of halogens is 3. The Morgan fingerprint density at radius 1 is 1.25 bits per heavy atom. The highest BCUT2D eigenvalue weighted by atomic mass is 79.9. The molecule has 3 rings (SSSR count). The number of aromatic nitrogens is 3. The Morgan fingerprint density at radius 2 is 2.00 bits per heavy atom. The predicted octanol–water partition coefficient (Wildman–Crippen LogP) is 3.22. The van der Waals surface area contributed by atoms with Gasteiger partial charge in [-0.05, 0) is 35.0 Å². The maximum absolute atomic E-state index is 13.8. The molecule has 0 fully saturated rings. The standard InChI is InChI=1S/C15H9BrF2N4O2/c1-7(23)14-11(18)2-8(17)3-12(14)21-15(24)9-4-13-19-6-20-22(13)5-10(9)16/h2-6H,1H3,(H,21,24). The van der Waals surface area contributed by atoms with Crippen molar-refractivity contribution in [1.29, 1.82) is 0 Å². The van der Waals surface area contributed by atoms with Crippen molar-refractivity contribution < 1.29 is 18.4 Å². The molecule has 0 saturated heterocycles. The number of ketones is 1. The van der Waals surface area contributed by atoms with Crippen LogP contribution < -0.4 is 5.32 Å². The number of carbonyl (C=O) groups excluding carboxylic acids is 2. The zero-order chi connectivity index (χ0) is 17.4. The third-order valence-corrected chi connectivity index (χ3v) is 3.90. The van der Waals surface area contributed by atoms with Crippen LogP contribution in [0.2, 0.25) is 0 Å². The maximum Gasteiger partial charge on any atom is 0.257 e. The lowest BCUT2D eigenvalue weighted by molar-refractivity contribution is 0.101. The number of fused-ring (bicyclic) bond motifs is 1. The highest BCUT2D eigenvalue weighted by Gasteiger charge is 2.19. The zero-order valence-corrected chi connectivity index (χ0v) is 13.8. The number of hydrogen-bond donors (Lipinski definition) is 1. The van der Waals surface area contributed by atoms with Crippen LogP contribution in [0.25, 0.3) is 5.65 Å². The molecule has 122 valence electrons. The zero-order valence-electron chi connectivity index (χ0n) is 12.2. The fraction of sp³-hybridized carbons (Fsp3) is 0.0667. The van der Waals surface area contributed by atoms with Gasteiger partial charge in [-0.1, -0.05) is 0 Å². The van der Waals surface area contributed by atoms with E-state index in [9.17, 15) is 18.4 Å². The van der Waals surface area contributed by atoms with Crippen molar-refractivity contribution >= 4 is 39.0 Å². The molecule has 0 aliphatic carbocycles. The molecule has 1 N–H and O–H groups in total. The topological polar surface area (TPSA) is 76.4 Å². The summed E-state index contributed by atoms with van der Waals surface area (Å²) in [6.45, 7) is 1.13. The number of amides is 1. The predicted molar refractivity (Wildman–Crippen MR) is 85.0 cm³/mol. The highest BCUT2D eigenvalue weighted by Crippen LogP contribution is 2.24. The summed E-state index contributed by atoms with van der Waals surface area (Å²) in [7, 11) is 0. The smallest absolute Gasteiger partial charge is 0.257 e. The monoisotopic (exact) mass is 394 g/mol. The number of Topliss-reactive ketones (excluding diaryl/α,β-unsaturated/α-hetero) is 1. The third-order valence-electron chi connectivity index (χ3n) is 3.27. The Kier molecular flexibility index (Phi) is 4.10. The van der Waals surface area contributed by atoms with Gasteiger partial charge in [-0.2, -0.15) is 5.10 Å². The van der Waals surface area contributed by atoms with Crippen LogP contribution in [0.15, 0.2) is 35.2 Å². The molecule has 0 spiro atoms. The number of benzene rings is 1. The highest BCUT2D eigenvalue weighted by molar-refractivity contribution is 9.10. The summed E-state index contributed by atoms with van der Waals surface area (Å²) in [5.41, 5.74) is -0.0297. The Labute approximate surface area is 142 Å². The molecular formula is C15H9BrF2N4O2. The van der Waals surface area contributed by atoms with Crippen molar-refractivity contribution in [3.8, 4) is 0 Å². The van der Waals surface area contributed by atoms with Gasteiger partial charge in [0.25, 0.3) is 5.91 Å². The fourth-order valence-electron chi connectivity index (χ4n) is 2.23. The minimum atomic E-state index is -1.04. The molecule has 0 aliphatic rings. The first-order valence-corrected chi connectivity index (χ1v) is 7.46. The molecule has 0 unspecified atom stereocenters. The average Bonchev–Trinajstić information content (AvgIpc) is 2.91. The number of nitrogens with zero attached hydrogens (tertiary/aromatic N) is 3. The first-order valence-electron chi connectivity index (χ1n) is 6.67. The van der Waals surface area contributed by atoms with Crippen molar-refractivity contribution in [1.82, 2.24) is 14.6 Å². The second kappa shape index (κ2) is 6.08. The number of nitrogens with one attached hydrogen (secondary N) is 1. The molecule has 6 nitrogen and oxygen atoms in total. The fourth-order valence-corrected chi connectivity index (χ4v) is 2.72. The van der Waals surface area contributed by atoms with E-state index in [0.29, 0.717) is 16.2 Å². The molecule has 0 radical (unpaired) electrons. The summed E-state index contributed by atoms with van der Waals surface area (Å²) in [5, 5.41) is 6.28. The summed E-state index contributed by atoms with van der Waals surface area (Å²) in [6, 6.07) is 2.93. The van der Waals surface area contributed by atoms with Crippen LogP contribution in [-0.2, 0) is 0 Å². The van der Waals surface area contributed by atoms with E-state index in [-0.39, 0.29) is 16.8 Å². The summed E-state index contributed by atoms with van der Waals surface area (Å²) >= 11 is 3.23. The van der Waals surface area contributed by atoms with Crippen molar-refractivity contribution in [2.24, 2.45) is 0 Å². The lowest BCUT2D eigenvalue weighted by Crippen LogP contribution is -2.16. The van der Waals surface area contributed by atoms with Gasteiger partial charge in [0, 0.05) is 16.7 Å². The van der Waals surface area contributed by atoms with Gasteiger partial charge in [-0.15, -0.1) is 0 Å². The lowest BCUT2D eigenvalue weighted by Gasteiger charge is -2.11. The normalized spacial score (nSPS) is 10.8. The molecule has 9 heteroatoms. The first kappa shape index (κ1) is 16.2. The van der Waals surface area contributed by atoms with Crippen molar-refractivity contribution in [3.63, 3.8) is 0 Å². The molecule has 3 aromatic rings. The van der Waals surface area contributed by atoms with Crippen LogP contribution in [0.5, 0.6) is 0 Å². The van der Waals surface area contributed by atoms with Crippen molar-refractivity contribution in [2.45, 2.75) is 6.92 Å². The van der Waals surface area contributed by atoms with Gasteiger partial charge >= 0.3 is 0 Å². The van der Waals surface area contributed by atoms with Crippen LogP contribution in [-0.4, -0.2) is 26.3 Å².